The third-order valence-corrected chi connectivity index (χ3v) is 3.86. The number of anilines is 1. The first kappa shape index (κ1) is 14.7. The highest BCUT2D eigenvalue weighted by Gasteiger charge is 2.39. The van der Waals surface area contributed by atoms with Crippen molar-refractivity contribution in [2.24, 2.45) is 5.92 Å². The predicted octanol–water partition coefficient (Wildman–Crippen LogP) is 0.800. The molecule has 9 heteroatoms. The van der Waals surface area contributed by atoms with Crippen LogP contribution in [0.2, 0.25) is 0 Å². The maximum atomic E-state index is 12.2. The third kappa shape index (κ3) is 3.05. The molecule has 1 aromatic heterocycles. The molecule has 0 radical (unpaired) electrons. The number of ether oxygens (including phenoxy) is 1. The summed E-state index contributed by atoms with van der Waals surface area (Å²) in [6.07, 6.45) is 0. The number of carboxylic acid groups (broad SMARTS) is 1. The fraction of sp³-hybridized carbons (Fsp3) is 0.636. The molecule has 2 unspecified atom stereocenters. The summed E-state index contributed by atoms with van der Waals surface area (Å²) in [6, 6.07) is -0.850. The second-order valence-electron chi connectivity index (χ2n) is 4.39. The number of likely N-dealkylation sites (N-methyl/N-ethyl adjacent to an activating group) is 1. The van der Waals surface area contributed by atoms with E-state index in [1.54, 1.807) is 13.8 Å². The van der Waals surface area contributed by atoms with E-state index in [-0.39, 0.29) is 19.2 Å². The Morgan fingerprint density at radius 1 is 1.50 bits per heavy atom. The van der Waals surface area contributed by atoms with Crippen molar-refractivity contribution in [2.75, 3.05) is 25.1 Å². The molecular formula is C11H16N4O4S. The van der Waals surface area contributed by atoms with Crippen LogP contribution < -0.4 is 5.32 Å². The topological polar surface area (TPSA) is 105 Å². The first-order valence-corrected chi connectivity index (χ1v) is 7.02. The number of nitrogens with one attached hydrogen (secondary N) is 1. The number of carboxylic acids is 1. The average Bonchev–Trinajstić information content (AvgIpc) is 3.00. The Labute approximate surface area is 119 Å². The van der Waals surface area contributed by atoms with Crippen LogP contribution in [0.5, 0.6) is 0 Å². The first-order chi connectivity index (χ1) is 9.52. The van der Waals surface area contributed by atoms with Gasteiger partial charge in [-0.1, -0.05) is 11.3 Å². The second-order valence-corrected chi connectivity index (χ2v) is 5.57. The largest absolute Gasteiger partial charge is 0.481 e. The van der Waals surface area contributed by atoms with Crippen LogP contribution in [-0.4, -0.2) is 58.0 Å². The highest BCUT2D eigenvalue weighted by Crippen LogP contribution is 2.22. The molecule has 1 aromatic rings. The lowest BCUT2D eigenvalue weighted by atomic mass is 10.0. The van der Waals surface area contributed by atoms with E-state index in [2.05, 4.69) is 15.5 Å². The van der Waals surface area contributed by atoms with E-state index in [9.17, 15) is 9.59 Å². The number of amides is 2. The van der Waals surface area contributed by atoms with Gasteiger partial charge >= 0.3 is 12.0 Å². The number of carbonyl (C=O) groups excluding carboxylic acids is 1. The molecule has 1 fully saturated rings. The lowest BCUT2D eigenvalue weighted by molar-refractivity contribution is -0.142. The quantitative estimate of drug-likeness (QED) is 0.852. The maximum absolute atomic E-state index is 12.2. The van der Waals surface area contributed by atoms with E-state index in [0.717, 1.165) is 5.01 Å². The number of carbonyl (C=O) groups is 2. The van der Waals surface area contributed by atoms with Crippen LogP contribution in [0.4, 0.5) is 9.93 Å². The van der Waals surface area contributed by atoms with E-state index in [4.69, 9.17) is 9.84 Å². The Bertz CT molecular complexity index is 506. The Hall–Kier alpha value is -1.74. The first-order valence-electron chi connectivity index (χ1n) is 6.21. The summed E-state index contributed by atoms with van der Waals surface area (Å²) in [7, 11) is 0. The van der Waals surface area contributed by atoms with Gasteiger partial charge in [-0.05, 0) is 13.8 Å². The molecule has 0 saturated carbocycles. The summed E-state index contributed by atoms with van der Waals surface area (Å²) in [4.78, 5) is 24.8. The minimum Gasteiger partial charge on any atom is -0.481 e. The Morgan fingerprint density at radius 3 is 2.80 bits per heavy atom. The third-order valence-electron chi connectivity index (χ3n) is 3.11. The zero-order valence-corrected chi connectivity index (χ0v) is 12.0. The fourth-order valence-electron chi connectivity index (χ4n) is 2.13. The number of hydrogen-bond acceptors (Lipinski definition) is 6. The second kappa shape index (κ2) is 6.14. The number of hydrogen-bond donors (Lipinski definition) is 2. The highest BCUT2D eigenvalue weighted by molar-refractivity contribution is 7.15. The van der Waals surface area contributed by atoms with E-state index >= 15 is 0 Å². The summed E-state index contributed by atoms with van der Waals surface area (Å²) in [5, 5.41) is 20.6. The molecule has 2 N–H and O–H groups in total. The van der Waals surface area contributed by atoms with Crippen molar-refractivity contribution in [3.05, 3.63) is 5.01 Å². The van der Waals surface area contributed by atoms with Crippen molar-refractivity contribution in [3.8, 4) is 0 Å². The molecule has 8 nitrogen and oxygen atoms in total. The van der Waals surface area contributed by atoms with Gasteiger partial charge in [-0.15, -0.1) is 10.2 Å². The lowest BCUT2D eigenvalue weighted by Gasteiger charge is -2.28. The number of rotatable bonds is 4. The van der Waals surface area contributed by atoms with Crippen molar-refractivity contribution >= 4 is 28.5 Å². The van der Waals surface area contributed by atoms with Gasteiger partial charge in [0, 0.05) is 6.54 Å². The minimum absolute atomic E-state index is 0.127. The molecule has 0 bridgehead atoms. The summed E-state index contributed by atoms with van der Waals surface area (Å²) < 4.78 is 5.19. The van der Waals surface area contributed by atoms with Gasteiger partial charge in [-0.2, -0.15) is 0 Å². The molecule has 110 valence electrons. The highest BCUT2D eigenvalue weighted by atomic mass is 32.1. The van der Waals surface area contributed by atoms with E-state index in [1.165, 1.54) is 16.2 Å². The number of nitrogens with zero attached hydrogens (tertiary/aromatic N) is 3. The van der Waals surface area contributed by atoms with Crippen molar-refractivity contribution < 1.29 is 19.4 Å². The molecule has 1 aliphatic heterocycles. The van der Waals surface area contributed by atoms with Gasteiger partial charge in [0.15, 0.2) is 0 Å². The summed E-state index contributed by atoms with van der Waals surface area (Å²) in [5.74, 6) is -1.65. The molecule has 2 rings (SSSR count). The molecule has 2 amide bonds. The van der Waals surface area contributed by atoms with Crippen molar-refractivity contribution in [3.63, 3.8) is 0 Å². The van der Waals surface area contributed by atoms with Gasteiger partial charge in [0.2, 0.25) is 5.13 Å². The number of aliphatic carboxylic acids is 1. The van der Waals surface area contributed by atoms with Crippen LogP contribution in [-0.2, 0) is 9.53 Å². The smallest absolute Gasteiger partial charge is 0.324 e. The molecule has 0 aromatic carbocycles. The normalized spacial score (nSPS) is 21.7. The van der Waals surface area contributed by atoms with Gasteiger partial charge in [0.05, 0.1) is 19.3 Å². The number of aromatic nitrogens is 2. The summed E-state index contributed by atoms with van der Waals surface area (Å²) in [6.45, 7) is 4.33. The fourth-order valence-corrected chi connectivity index (χ4v) is 2.71. The van der Waals surface area contributed by atoms with Gasteiger partial charge in [-0.25, -0.2) is 4.79 Å². The Kier molecular flexibility index (Phi) is 4.50. The number of aryl methyl sites for hydroxylation is 1. The monoisotopic (exact) mass is 300 g/mol. The van der Waals surface area contributed by atoms with Crippen LogP contribution in [0.15, 0.2) is 0 Å². The van der Waals surface area contributed by atoms with Crippen LogP contribution >= 0.6 is 11.3 Å². The number of urea groups is 1. The molecular weight excluding hydrogens is 284 g/mol. The minimum atomic E-state index is -0.953. The summed E-state index contributed by atoms with van der Waals surface area (Å²) in [5.41, 5.74) is 0. The molecule has 0 aliphatic carbocycles. The van der Waals surface area contributed by atoms with Crippen molar-refractivity contribution in [2.45, 2.75) is 19.9 Å². The average molecular weight is 300 g/mol. The zero-order valence-electron chi connectivity index (χ0n) is 11.2. The molecule has 2 heterocycles. The molecule has 1 saturated heterocycles. The standard InChI is InChI=1S/C11H16N4O4S/c1-3-15(8-5-19-4-7(8)9(16)17)11(18)12-10-14-13-6(2)20-10/h7-8H,3-5H2,1-2H3,(H,16,17)(H,12,14,18). The van der Waals surface area contributed by atoms with E-state index in [1.807, 2.05) is 0 Å². The zero-order chi connectivity index (χ0) is 14.7. The maximum Gasteiger partial charge on any atom is 0.324 e. The van der Waals surface area contributed by atoms with Gasteiger partial charge < -0.3 is 14.7 Å². The molecule has 1 aliphatic rings. The van der Waals surface area contributed by atoms with Gasteiger partial charge in [0.1, 0.15) is 10.9 Å². The van der Waals surface area contributed by atoms with Crippen LogP contribution in [0, 0.1) is 12.8 Å². The predicted molar refractivity (Wildman–Crippen MR) is 71.8 cm³/mol. The van der Waals surface area contributed by atoms with Crippen molar-refractivity contribution in [1.29, 1.82) is 0 Å². The van der Waals surface area contributed by atoms with E-state index < -0.39 is 17.9 Å². The summed E-state index contributed by atoms with van der Waals surface area (Å²) >= 11 is 1.27. The van der Waals surface area contributed by atoms with Crippen molar-refractivity contribution in [1.82, 2.24) is 15.1 Å². The van der Waals surface area contributed by atoms with Gasteiger partial charge in [-0.3, -0.25) is 10.1 Å². The molecule has 20 heavy (non-hydrogen) atoms. The molecule has 0 spiro atoms. The van der Waals surface area contributed by atoms with Crippen LogP contribution in [0.1, 0.15) is 11.9 Å². The van der Waals surface area contributed by atoms with Crippen LogP contribution in [0.25, 0.3) is 0 Å². The lowest BCUT2D eigenvalue weighted by Crippen LogP contribution is -2.48. The Balaban J connectivity index is 2.07. The van der Waals surface area contributed by atoms with Crippen LogP contribution in [0.3, 0.4) is 0 Å². The van der Waals surface area contributed by atoms with Gasteiger partial charge in [0.25, 0.3) is 0 Å². The van der Waals surface area contributed by atoms with E-state index in [0.29, 0.717) is 11.7 Å². The molecule has 2 atom stereocenters. The SMILES string of the molecule is CCN(C(=O)Nc1nnc(C)s1)C1COCC1C(=O)O. The Morgan fingerprint density at radius 2 is 2.25 bits per heavy atom.